The molecule has 0 amide bonds. The predicted octanol–water partition coefficient (Wildman–Crippen LogP) is 3.34. The van der Waals surface area contributed by atoms with Gasteiger partial charge in [0, 0.05) is 0 Å². The minimum absolute atomic E-state index is 0.266. The summed E-state index contributed by atoms with van der Waals surface area (Å²) >= 11 is 5.42. The second-order valence-electron chi connectivity index (χ2n) is 2.95. The molecule has 0 radical (unpaired) electrons. The molecule has 1 aromatic heterocycles. The molecule has 0 aliphatic heterocycles. The summed E-state index contributed by atoms with van der Waals surface area (Å²) in [6, 6.07) is 3.26. The highest BCUT2D eigenvalue weighted by atomic mass is 35.5. The summed E-state index contributed by atoms with van der Waals surface area (Å²) < 4.78 is 44.0. The monoisotopic (exact) mass is 260 g/mol. The van der Waals surface area contributed by atoms with Gasteiger partial charge in [-0.25, -0.2) is 9.37 Å². The van der Waals surface area contributed by atoms with Crippen molar-refractivity contribution < 1.29 is 17.9 Å². The van der Waals surface area contributed by atoms with E-state index in [0.29, 0.717) is 0 Å². The van der Waals surface area contributed by atoms with Gasteiger partial charge in [-0.15, -0.1) is 0 Å². The smallest absolute Gasteiger partial charge is 0.260 e. The van der Waals surface area contributed by atoms with Crippen LogP contribution in [0, 0.1) is 17.5 Å². The molecule has 0 spiro atoms. The van der Waals surface area contributed by atoms with Crippen LogP contribution >= 0.6 is 11.6 Å². The molecule has 0 atom stereocenters. The molecule has 0 saturated carbocycles. The van der Waals surface area contributed by atoms with Crippen LogP contribution < -0.4 is 4.74 Å². The summed E-state index contributed by atoms with van der Waals surface area (Å²) in [6.45, 7) is 0. The highest BCUT2D eigenvalue weighted by Crippen LogP contribution is 2.26. The molecule has 0 unspecified atom stereocenters. The summed E-state index contributed by atoms with van der Waals surface area (Å²) in [5.74, 6) is -4.34. The van der Waals surface area contributed by atoms with Crippen LogP contribution in [0.4, 0.5) is 13.2 Å². The van der Waals surface area contributed by atoms with E-state index in [4.69, 9.17) is 16.3 Å². The van der Waals surface area contributed by atoms with Crippen molar-refractivity contribution in [3.8, 4) is 11.6 Å². The molecule has 88 valence electrons. The van der Waals surface area contributed by atoms with Gasteiger partial charge in [0.05, 0.1) is 6.20 Å². The Labute approximate surface area is 98.8 Å². The first kappa shape index (κ1) is 11.7. The van der Waals surface area contributed by atoms with E-state index in [0.717, 1.165) is 18.3 Å². The molecule has 3 nitrogen and oxygen atoms in total. The summed E-state index contributed by atoms with van der Waals surface area (Å²) in [5, 5.41) is -0.266. The normalized spacial score (nSPS) is 10.4. The van der Waals surface area contributed by atoms with Crippen molar-refractivity contribution in [2.24, 2.45) is 0 Å². The first-order valence-corrected chi connectivity index (χ1v) is 4.75. The van der Waals surface area contributed by atoms with Gasteiger partial charge in [0.1, 0.15) is 0 Å². The van der Waals surface area contributed by atoms with Gasteiger partial charge in [-0.1, -0.05) is 6.07 Å². The predicted molar refractivity (Wildman–Crippen MR) is 53.4 cm³/mol. The summed E-state index contributed by atoms with van der Waals surface area (Å²) in [5.41, 5.74) is 0. The fourth-order valence-corrected chi connectivity index (χ4v) is 1.20. The van der Waals surface area contributed by atoms with E-state index < -0.39 is 29.1 Å². The number of hydrogen-bond donors (Lipinski definition) is 0. The lowest BCUT2D eigenvalue weighted by Gasteiger charge is -2.06. The van der Waals surface area contributed by atoms with E-state index in [9.17, 15) is 13.2 Å². The third-order valence-corrected chi connectivity index (χ3v) is 1.99. The molecule has 0 N–H and O–H groups in total. The maximum absolute atomic E-state index is 13.2. The molecule has 1 aromatic carbocycles. The first-order chi connectivity index (χ1) is 8.08. The van der Waals surface area contributed by atoms with E-state index in [2.05, 4.69) is 9.97 Å². The molecule has 1 heterocycles. The van der Waals surface area contributed by atoms with Crippen LogP contribution in [0.15, 0.2) is 24.4 Å². The fraction of sp³-hybridized carbons (Fsp3) is 0. The summed E-state index contributed by atoms with van der Waals surface area (Å²) in [6.07, 6.45) is 0.766. The van der Waals surface area contributed by atoms with Crippen molar-refractivity contribution in [2.75, 3.05) is 0 Å². The molecule has 2 aromatic rings. The third-order valence-electron chi connectivity index (χ3n) is 1.81. The van der Waals surface area contributed by atoms with Crippen LogP contribution in [0.3, 0.4) is 0 Å². The minimum atomic E-state index is -1.23. The molecule has 17 heavy (non-hydrogen) atoms. The van der Waals surface area contributed by atoms with Gasteiger partial charge in [-0.05, 0) is 23.7 Å². The molecule has 7 heteroatoms. The number of hydrogen-bond acceptors (Lipinski definition) is 3. The molecule has 0 aliphatic rings. The van der Waals surface area contributed by atoms with E-state index in [1.54, 1.807) is 0 Å². The highest BCUT2D eigenvalue weighted by molar-refractivity contribution is 6.28. The summed E-state index contributed by atoms with van der Waals surface area (Å²) in [4.78, 5) is 6.76. The standard InChI is InChI=1S/C10H4ClF3N2O/c11-10-15-4-6(13)9(16-10)17-7-3-1-2-5(12)8(7)14/h1-4H. The first-order valence-electron chi connectivity index (χ1n) is 4.38. The van der Waals surface area contributed by atoms with Gasteiger partial charge in [0.15, 0.2) is 11.6 Å². The third kappa shape index (κ3) is 2.47. The largest absolute Gasteiger partial charge is 0.433 e. The fourth-order valence-electron chi connectivity index (χ4n) is 1.07. The number of halogens is 4. The van der Waals surface area contributed by atoms with Crippen LogP contribution in [0.5, 0.6) is 11.6 Å². The van der Waals surface area contributed by atoms with Gasteiger partial charge in [0.2, 0.25) is 16.9 Å². The molecule has 0 saturated heterocycles. The van der Waals surface area contributed by atoms with Gasteiger partial charge in [-0.2, -0.15) is 13.8 Å². The lowest BCUT2D eigenvalue weighted by Crippen LogP contribution is -1.97. The number of rotatable bonds is 2. The van der Waals surface area contributed by atoms with Crippen LogP contribution in [0.1, 0.15) is 0 Å². The number of benzene rings is 1. The Balaban J connectivity index is 2.38. The van der Waals surface area contributed by atoms with Crippen molar-refractivity contribution in [3.05, 3.63) is 47.1 Å². The Hall–Kier alpha value is -1.82. The number of nitrogens with zero attached hydrogens (tertiary/aromatic N) is 2. The van der Waals surface area contributed by atoms with Gasteiger partial charge < -0.3 is 4.74 Å². The van der Waals surface area contributed by atoms with Crippen molar-refractivity contribution in [2.45, 2.75) is 0 Å². The lowest BCUT2D eigenvalue weighted by molar-refractivity contribution is 0.382. The molecule has 0 bridgehead atoms. The van der Waals surface area contributed by atoms with Gasteiger partial charge >= 0.3 is 0 Å². The van der Waals surface area contributed by atoms with Crippen LogP contribution in [0.2, 0.25) is 5.28 Å². The molecular weight excluding hydrogens is 257 g/mol. The minimum Gasteiger partial charge on any atom is -0.433 e. The average Bonchev–Trinajstić information content (AvgIpc) is 2.30. The number of aromatic nitrogens is 2. The molecule has 2 rings (SSSR count). The maximum atomic E-state index is 13.2. The van der Waals surface area contributed by atoms with Crippen molar-refractivity contribution in [1.82, 2.24) is 9.97 Å². The van der Waals surface area contributed by atoms with E-state index in [1.807, 2.05) is 0 Å². The average molecular weight is 261 g/mol. The summed E-state index contributed by atoms with van der Waals surface area (Å²) in [7, 11) is 0. The Morgan fingerprint density at radius 1 is 1.12 bits per heavy atom. The lowest BCUT2D eigenvalue weighted by atomic mass is 10.3. The van der Waals surface area contributed by atoms with Crippen LogP contribution in [0.25, 0.3) is 0 Å². The van der Waals surface area contributed by atoms with Crippen molar-refractivity contribution >= 4 is 11.6 Å². The topological polar surface area (TPSA) is 35.0 Å². The van der Waals surface area contributed by atoms with Crippen LogP contribution in [-0.2, 0) is 0 Å². The Bertz CT molecular complexity index is 565. The molecule has 0 aliphatic carbocycles. The van der Waals surface area contributed by atoms with E-state index >= 15 is 0 Å². The zero-order chi connectivity index (χ0) is 12.4. The van der Waals surface area contributed by atoms with E-state index in [-0.39, 0.29) is 5.28 Å². The van der Waals surface area contributed by atoms with Crippen LogP contribution in [-0.4, -0.2) is 9.97 Å². The second-order valence-corrected chi connectivity index (χ2v) is 3.28. The Kier molecular flexibility index (Phi) is 3.14. The van der Waals surface area contributed by atoms with Gasteiger partial charge in [-0.3, -0.25) is 0 Å². The Morgan fingerprint density at radius 2 is 1.88 bits per heavy atom. The SMILES string of the molecule is Fc1cnc(Cl)nc1Oc1cccc(F)c1F. The Morgan fingerprint density at radius 3 is 2.65 bits per heavy atom. The zero-order valence-electron chi connectivity index (χ0n) is 8.12. The maximum Gasteiger partial charge on any atom is 0.260 e. The van der Waals surface area contributed by atoms with Crippen molar-refractivity contribution in [1.29, 1.82) is 0 Å². The molecule has 0 fully saturated rings. The molecular formula is C10H4ClF3N2O. The van der Waals surface area contributed by atoms with E-state index in [1.165, 1.54) is 6.07 Å². The van der Waals surface area contributed by atoms with Crippen molar-refractivity contribution in [3.63, 3.8) is 0 Å². The quantitative estimate of drug-likeness (QED) is 0.777. The highest BCUT2D eigenvalue weighted by Gasteiger charge is 2.14. The van der Waals surface area contributed by atoms with Gasteiger partial charge in [0.25, 0.3) is 5.88 Å². The zero-order valence-corrected chi connectivity index (χ0v) is 8.88. The number of ether oxygens (including phenoxy) is 1. The second kappa shape index (κ2) is 4.58.